The molecule has 0 unspecified atom stereocenters. The Morgan fingerprint density at radius 2 is 1.60 bits per heavy atom. The monoisotopic (exact) mass is 503 g/mol. The molecule has 0 radical (unpaired) electrons. The molecular weight excluding hydrogens is 488 g/mol. The van der Waals surface area contributed by atoms with Gasteiger partial charge in [0.15, 0.2) is 23.0 Å². The fraction of sp³-hybridized carbons (Fsp3) is 0.0455. The van der Waals surface area contributed by atoms with Gasteiger partial charge in [-0.2, -0.15) is 4.90 Å². The highest BCUT2D eigenvalue weighted by molar-refractivity contribution is 7.90. The smallest absolute Gasteiger partial charge is 0.421 e. The van der Waals surface area contributed by atoms with Crippen molar-refractivity contribution in [2.45, 2.75) is 11.8 Å². The normalized spacial score (nSPS) is 11.4. The Hall–Kier alpha value is -4.52. The Kier molecular flexibility index (Phi) is 5.86. The topological polar surface area (TPSA) is 139 Å². The van der Waals surface area contributed by atoms with E-state index in [2.05, 4.69) is 4.98 Å². The zero-order valence-corrected chi connectivity index (χ0v) is 18.5. The van der Waals surface area contributed by atoms with E-state index in [1.165, 1.54) is 36.7 Å². The van der Waals surface area contributed by atoms with E-state index in [1.54, 1.807) is 19.1 Å². The van der Waals surface area contributed by atoms with Gasteiger partial charge in [0.25, 0.3) is 10.0 Å². The zero-order chi connectivity index (χ0) is 25.5. The summed E-state index contributed by atoms with van der Waals surface area (Å²) in [6.07, 6.45) is -1.53. The Bertz CT molecular complexity index is 1550. The third kappa shape index (κ3) is 4.24. The molecule has 10 nitrogen and oxygen atoms in total. The molecule has 0 bridgehead atoms. The van der Waals surface area contributed by atoms with Crippen LogP contribution in [0.5, 0.6) is 11.5 Å². The second kappa shape index (κ2) is 8.68. The van der Waals surface area contributed by atoms with Crippen LogP contribution in [0.2, 0.25) is 0 Å². The third-order valence-electron chi connectivity index (χ3n) is 4.93. The largest absolute Gasteiger partial charge is 0.464 e. The predicted octanol–water partition coefficient (Wildman–Crippen LogP) is 4.81. The van der Waals surface area contributed by atoms with Crippen LogP contribution in [-0.4, -0.2) is 39.8 Å². The fourth-order valence-electron chi connectivity index (χ4n) is 3.28. The Balaban J connectivity index is 1.75. The first-order valence-corrected chi connectivity index (χ1v) is 11.2. The molecule has 2 aromatic carbocycles. The van der Waals surface area contributed by atoms with Crippen molar-refractivity contribution in [2.75, 3.05) is 4.90 Å². The van der Waals surface area contributed by atoms with Crippen LogP contribution in [0.1, 0.15) is 5.56 Å². The van der Waals surface area contributed by atoms with Crippen molar-refractivity contribution >= 4 is 38.9 Å². The summed E-state index contributed by atoms with van der Waals surface area (Å²) in [5.41, 5.74) is 0.00559. The Labute approximate surface area is 196 Å². The number of rotatable bonds is 5. The van der Waals surface area contributed by atoms with Crippen molar-refractivity contribution in [1.82, 2.24) is 8.96 Å². The van der Waals surface area contributed by atoms with E-state index in [0.29, 0.717) is 12.1 Å². The highest BCUT2D eigenvalue weighted by atomic mass is 32.2. The maximum atomic E-state index is 14.6. The number of aromatic nitrogens is 2. The molecule has 35 heavy (non-hydrogen) atoms. The molecule has 2 N–H and O–H groups in total. The average molecular weight is 503 g/mol. The number of carbonyl (C=O) groups is 2. The molecule has 0 atom stereocenters. The fourth-order valence-corrected chi connectivity index (χ4v) is 4.58. The molecule has 0 fully saturated rings. The highest BCUT2D eigenvalue weighted by Crippen LogP contribution is 2.35. The SMILES string of the molecule is Cc1ccc(S(=O)(=O)n2ccc3c(Oc4c(F)cc(N(C(=O)O)C(=O)O)cc4F)ccnc32)cc1. The van der Waals surface area contributed by atoms with Gasteiger partial charge in [0, 0.05) is 24.5 Å². The van der Waals surface area contributed by atoms with E-state index in [0.717, 1.165) is 9.54 Å². The van der Waals surface area contributed by atoms with E-state index >= 15 is 0 Å². The number of benzene rings is 2. The minimum atomic E-state index is -4.04. The molecule has 2 heterocycles. The van der Waals surface area contributed by atoms with Gasteiger partial charge in [-0.1, -0.05) is 17.7 Å². The number of ether oxygens (including phenoxy) is 1. The van der Waals surface area contributed by atoms with Crippen LogP contribution < -0.4 is 9.64 Å². The number of nitrogens with zero attached hydrogens (tertiary/aromatic N) is 3. The molecule has 180 valence electrons. The number of amides is 2. The van der Waals surface area contributed by atoms with Crippen molar-refractivity contribution < 1.29 is 41.7 Å². The number of hydrogen-bond acceptors (Lipinski definition) is 6. The van der Waals surface area contributed by atoms with Gasteiger partial charge in [0.2, 0.25) is 0 Å². The second-order valence-electron chi connectivity index (χ2n) is 7.22. The minimum Gasteiger partial charge on any atom is -0.464 e. The number of pyridine rings is 1. The lowest BCUT2D eigenvalue weighted by Gasteiger charge is -2.15. The second-order valence-corrected chi connectivity index (χ2v) is 9.03. The lowest BCUT2D eigenvalue weighted by molar-refractivity contribution is 0.184. The minimum absolute atomic E-state index is 0.00261. The van der Waals surface area contributed by atoms with E-state index < -0.39 is 45.3 Å². The molecule has 0 aliphatic rings. The zero-order valence-electron chi connectivity index (χ0n) is 17.7. The van der Waals surface area contributed by atoms with Crippen LogP contribution in [0.4, 0.5) is 24.1 Å². The first-order chi connectivity index (χ1) is 16.5. The molecule has 0 saturated heterocycles. The average Bonchev–Trinajstić information content (AvgIpc) is 3.22. The lowest BCUT2D eigenvalue weighted by atomic mass is 10.2. The molecule has 13 heteroatoms. The number of anilines is 1. The summed E-state index contributed by atoms with van der Waals surface area (Å²) in [6.45, 7) is 1.80. The number of imide groups is 1. The number of aryl methyl sites for hydroxylation is 1. The molecule has 0 aliphatic carbocycles. The van der Waals surface area contributed by atoms with Crippen LogP contribution >= 0.6 is 0 Å². The van der Waals surface area contributed by atoms with E-state index in [4.69, 9.17) is 14.9 Å². The van der Waals surface area contributed by atoms with Gasteiger partial charge in [-0.15, -0.1) is 0 Å². The van der Waals surface area contributed by atoms with Gasteiger partial charge in [0.05, 0.1) is 16.0 Å². The molecule has 0 saturated carbocycles. The van der Waals surface area contributed by atoms with Gasteiger partial charge in [0.1, 0.15) is 5.75 Å². The van der Waals surface area contributed by atoms with Crippen molar-refractivity contribution in [1.29, 1.82) is 0 Å². The molecular formula is C22H15F2N3O7S. The van der Waals surface area contributed by atoms with Crippen LogP contribution in [-0.2, 0) is 10.0 Å². The molecule has 4 aromatic rings. The van der Waals surface area contributed by atoms with Crippen LogP contribution in [0.3, 0.4) is 0 Å². The molecule has 2 amide bonds. The first-order valence-electron chi connectivity index (χ1n) is 9.72. The summed E-state index contributed by atoms with van der Waals surface area (Å²) in [5.74, 6) is -3.87. The summed E-state index contributed by atoms with van der Waals surface area (Å²) in [5, 5.41) is 18.1. The molecule has 0 aliphatic heterocycles. The summed E-state index contributed by atoms with van der Waals surface area (Å²) in [6, 6.07) is 9.67. The summed E-state index contributed by atoms with van der Waals surface area (Å²) in [7, 11) is -4.04. The molecule has 2 aromatic heterocycles. The maximum absolute atomic E-state index is 14.6. The Morgan fingerprint density at radius 1 is 1.00 bits per heavy atom. The molecule has 4 rings (SSSR count). The van der Waals surface area contributed by atoms with Gasteiger partial charge < -0.3 is 14.9 Å². The first kappa shape index (κ1) is 23.6. The van der Waals surface area contributed by atoms with E-state index in [1.807, 2.05) is 0 Å². The van der Waals surface area contributed by atoms with Gasteiger partial charge >= 0.3 is 12.2 Å². The standard InChI is InChI=1S/C22H15F2N3O7S/c1-12-2-4-14(5-3-12)35(32,33)26-9-7-15-18(6-8-25-20(15)26)34-19-16(23)10-13(11-17(19)24)27(21(28)29)22(30)31/h2-11H,1H3,(H,28,29)(H,30,31). The van der Waals surface area contributed by atoms with Crippen molar-refractivity contribution in [3.05, 3.63) is 78.1 Å². The third-order valence-corrected chi connectivity index (χ3v) is 6.61. The van der Waals surface area contributed by atoms with Crippen molar-refractivity contribution in [3.8, 4) is 11.5 Å². The van der Waals surface area contributed by atoms with E-state index in [-0.39, 0.29) is 26.6 Å². The van der Waals surface area contributed by atoms with E-state index in [9.17, 15) is 26.8 Å². The van der Waals surface area contributed by atoms with Crippen LogP contribution in [0.25, 0.3) is 11.0 Å². The van der Waals surface area contributed by atoms with Crippen LogP contribution in [0.15, 0.2) is 65.8 Å². The van der Waals surface area contributed by atoms with Crippen molar-refractivity contribution in [2.24, 2.45) is 0 Å². The van der Waals surface area contributed by atoms with Crippen molar-refractivity contribution in [3.63, 3.8) is 0 Å². The number of carboxylic acid groups (broad SMARTS) is 2. The summed E-state index contributed by atoms with van der Waals surface area (Å²) < 4.78 is 61.7. The highest BCUT2D eigenvalue weighted by Gasteiger charge is 2.26. The molecule has 0 spiro atoms. The van der Waals surface area contributed by atoms with Crippen LogP contribution in [0, 0.1) is 18.6 Å². The quantitative estimate of drug-likeness (QED) is 0.395. The maximum Gasteiger partial charge on any atom is 0.421 e. The summed E-state index contributed by atoms with van der Waals surface area (Å²) >= 11 is 0. The number of hydrogen-bond donors (Lipinski definition) is 2. The number of fused-ring (bicyclic) bond motifs is 1. The van der Waals surface area contributed by atoms with Gasteiger partial charge in [-0.25, -0.2) is 35.7 Å². The van der Waals surface area contributed by atoms with Gasteiger partial charge in [-0.05, 0) is 31.2 Å². The lowest BCUT2D eigenvalue weighted by Crippen LogP contribution is -2.34. The predicted molar refractivity (Wildman–Crippen MR) is 118 cm³/mol. The van der Waals surface area contributed by atoms with Gasteiger partial charge in [-0.3, -0.25) is 0 Å². The Morgan fingerprint density at radius 3 is 2.17 bits per heavy atom. The summed E-state index contributed by atoms with van der Waals surface area (Å²) in [4.78, 5) is 26.0. The number of halogens is 2.